The van der Waals surface area contributed by atoms with Crippen molar-refractivity contribution < 1.29 is 18.3 Å². The maximum Gasteiger partial charge on any atom is 0.253 e. The van der Waals surface area contributed by atoms with Gasteiger partial charge in [0.2, 0.25) is 0 Å². The molecule has 2 fully saturated rings. The molecule has 0 aliphatic carbocycles. The van der Waals surface area contributed by atoms with E-state index < -0.39 is 9.84 Å². The number of benzene rings is 1. The molecular weight excluding hydrogens is 340 g/mol. The lowest BCUT2D eigenvalue weighted by Crippen LogP contribution is -2.62. The Morgan fingerprint density at radius 1 is 1.32 bits per heavy atom. The van der Waals surface area contributed by atoms with Crippen molar-refractivity contribution in [3.63, 3.8) is 0 Å². The van der Waals surface area contributed by atoms with Crippen LogP contribution in [0.4, 0.5) is 0 Å². The summed E-state index contributed by atoms with van der Waals surface area (Å²) in [5.74, 6) is -0.143. The van der Waals surface area contributed by atoms with E-state index in [2.05, 4.69) is 4.90 Å². The summed E-state index contributed by atoms with van der Waals surface area (Å²) in [6.07, 6.45) is 3.97. The molecular formula is C18H26N2O4S. The predicted molar refractivity (Wildman–Crippen MR) is 95.2 cm³/mol. The lowest BCUT2D eigenvalue weighted by atomic mass is 9.69. The Labute approximate surface area is 149 Å². The number of rotatable bonds is 3. The molecule has 0 unspecified atom stereocenters. The maximum absolute atomic E-state index is 12.9. The van der Waals surface area contributed by atoms with E-state index in [9.17, 15) is 18.3 Å². The Morgan fingerprint density at radius 3 is 2.76 bits per heavy atom. The van der Waals surface area contributed by atoms with Gasteiger partial charge in [0.05, 0.1) is 11.5 Å². The molecule has 1 amide bonds. The average Bonchev–Trinajstić information content (AvgIpc) is 2.60. The average molecular weight is 366 g/mol. The van der Waals surface area contributed by atoms with Crippen LogP contribution in [0.3, 0.4) is 0 Å². The summed E-state index contributed by atoms with van der Waals surface area (Å²) in [7, 11) is -1.30. The second-order valence-corrected chi connectivity index (χ2v) is 9.44. The molecule has 0 spiro atoms. The lowest BCUT2D eigenvalue weighted by molar-refractivity contribution is -0.0601. The third-order valence-corrected chi connectivity index (χ3v) is 6.92. The van der Waals surface area contributed by atoms with Crippen LogP contribution in [0.15, 0.2) is 29.2 Å². The summed E-state index contributed by atoms with van der Waals surface area (Å²) in [5, 5.41) is 9.97. The van der Waals surface area contributed by atoms with Gasteiger partial charge in [-0.05, 0) is 51.1 Å². The van der Waals surface area contributed by atoms with Gasteiger partial charge < -0.3 is 14.9 Å². The first-order valence-electron chi connectivity index (χ1n) is 8.67. The highest BCUT2D eigenvalue weighted by atomic mass is 32.2. The first kappa shape index (κ1) is 18.4. The molecule has 2 heterocycles. The van der Waals surface area contributed by atoms with Gasteiger partial charge in [-0.15, -0.1) is 0 Å². The van der Waals surface area contributed by atoms with Gasteiger partial charge in [-0.1, -0.05) is 6.07 Å². The SMILES string of the molecule is CN1CCC[C@]2(CO)CCN(C(=O)c3cccc(S(C)(=O)=O)c3)C[C@@H]12. The number of carbonyl (C=O) groups excluding carboxylic acids is 1. The molecule has 7 heteroatoms. The Hall–Kier alpha value is -1.44. The maximum atomic E-state index is 12.9. The largest absolute Gasteiger partial charge is 0.396 e. The number of amides is 1. The fourth-order valence-corrected chi connectivity index (χ4v) is 4.91. The fourth-order valence-electron chi connectivity index (χ4n) is 4.24. The zero-order valence-electron chi connectivity index (χ0n) is 14.8. The molecule has 0 aromatic heterocycles. The summed E-state index contributed by atoms with van der Waals surface area (Å²) in [6.45, 7) is 2.28. The Kier molecular flexibility index (Phi) is 4.92. The van der Waals surface area contributed by atoms with Gasteiger partial charge in [0.1, 0.15) is 0 Å². The van der Waals surface area contributed by atoms with E-state index in [0.717, 1.165) is 32.1 Å². The van der Waals surface area contributed by atoms with Crippen molar-refractivity contribution in [2.45, 2.75) is 30.2 Å². The van der Waals surface area contributed by atoms with Crippen LogP contribution in [0, 0.1) is 5.41 Å². The molecule has 2 aliphatic rings. The Balaban J connectivity index is 1.83. The van der Waals surface area contributed by atoms with Crippen LogP contribution in [0.25, 0.3) is 0 Å². The van der Waals surface area contributed by atoms with E-state index >= 15 is 0 Å². The highest BCUT2D eigenvalue weighted by Gasteiger charge is 2.47. The van der Waals surface area contributed by atoms with Crippen LogP contribution in [-0.2, 0) is 9.84 Å². The second kappa shape index (κ2) is 6.70. The van der Waals surface area contributed by atoms with Crippen molar-refractivity contribution in [1.82, 2.24) is 9.80 Å². The van der Waals surface area contributed by atoms with Crippen LogP contribution in [-0.4, -0.2) is 74.8 Å². The van der Waals surface area contributed by atoms with E-state index in [-0.39, 0.29) is 28.9 Å². The molecule has 0 saturated carbocycles. The zero-order valence-corrected chi connectivity index (χ0v) is 15.6. The van der Waals surface area contributed by atoms with Gasteiger partial charge in [-0.2, -0.15) is 0 Å². The molecule has 2 atom stereocenters. The molecule has 0 radical (unpaired) electrons. The Morgan fingerprint density at radius 2 is 2.08 bits per heavy atom. The van der Waals surface area contributed by atoms with Crippen molar-refractivity contribution in [3.8, 4) is 0 Å². The standard InChI is InChI=1S/C18H26N2O4S/c1-19-9-4-7-18(13-21)8-10-20(12-16(18)19)17(22)14-5-3-6-15(11-14)25(2,23)24/h3,5-6,11,16,21H,4,7-10,12-13H2,1-2H3/t16-,18-/m1/s1. The van der Waals surface area contributed by atoms with Gasteiger partial charge in [-0.3, -0.25) is 4.79 Å². The fraction of sp³-hybridized carbons (Fsp3) is 0.611. The lowest BCUT2D eigenvalue weighted by Gasteiger charge is -2.53. The number of hydrogen-bond acceptors (Lipinski definition) is 5. The summed E-state index contributed by atoms with van der Waals surface area (Å²) in [4.78, 5) is 17.1. The number of sulfone groups is 1. The molecule has 1 N–H and O–H groups in total. The van der Waals surface area contributed by atoms with E-state index in [1.807, 2.05) is 7.05 Å². The molecule has 138 valence electrons. The smallest absolute Gasteiger partial charge is 0.253 e. The minimum absolute atomic E-state index is 0.127. The number of aliphatic hydroxyl groups is 1. The molecule has 2 aliphatic heterocycles. The minimum Gasteiger partial charge on any atom is -0.396 e. The van der Waals surface area contributed by atoms with Crippen LogP contribution < -0.4 is 0 Å². The van der Waals surface area contributed by atoms with Gasteiger partial charge in [-0.25, -0.2) is 8.42 Å². The van der Waals surface area contributed by atoms with E-state index in [1.54, 1.807) is 17.0 Å². The van der Waals surface area contributed by atoms with E-state index in [1.165, 1.54) is 12.1 Å². The van der Waals surface area contributed by atoms with Crippen LogP contribution in [0.1, 0.15) is 29.6 Å². The number of nitrogens with zero attached hydrogens (tertiary/aromatic N) is 2. The Bertz CT molecular complexity index is 764. The number of fused-ring (bicyclic) bond motifs is 1. The van der Waals surface area contributed by atoms with Crippen LogP contribution in [0.2, 0.25) is 0 Å². The molecule has 3 rings (SSSR count). The third-order valence-electron chi connectivity index (χ3n) is 5.81. The van der Waals surface area contributed by atoms with Crippen LogP contribution in [0.5, 0.6) is 0 Å². The number of carbonyl (C=O) groups is 1. The summed E-state index contributed by atoms with van der Waals surface area (Å²) < 4.78 is 23.5. The number of piperidine rings is 2. The van der Waals surface area contributed by atoms with Gasteiger partial charge in [0.25, 0.3) is 5.91 Å². The highest BCUT2D eigenvalue weighted by Crippen LogP contribution is 2.41. The molecule has 1 aromatic rings. The van der Waals surface area contributed by atoms with Gasteiger partial charge in [0, 0.05) is 36.4 Å². The minimum atomic E-state index is -3.34. The molecule has 1 aromatic carbocycles. The number of aliphatic hydroxyl groups excluding tert-OH is 1. The second-order valence-electron chi connectivity index (χ2n) is 7.42. The molecule has 2 saturated heterocycles. The third kappa shape index (κ3) is 3.45. The normalized spacial score (nSPS) is 27.8. The number of likely N-dealkylation sites (N-methyl/N-ethyl adjacent to an activating group) is 1. The number of likely N-dealkylation sites (tertiary alicyclic amines) is 2. The van der Waals surface area contributed by atoms with Crippen LogP contribution >= 0.6 is 0 Å². The summed E-state index contributed by atoms with van der Waals surface area (Å²) in [5.41, 5.74) is 0.274. The summed E-state index contributed by atoms with van der Waals surface area (Å²) in [6, 6.07) is 6.37. The first-order chi connectivity index (χ1) is 11.8. The topological polar surface area (TPSA) is 77.9 Å². The van der Waals surface area contributed by atoms with Gasteiger partial charge >= 0.3 is 0 Å². The molecule has 0 bridgehead atoms. The number of hydrogen-bond donors (Lipinski definition) is 1. The molecule has 6 nitrogen and oxygen atoms in total. The highest BCUT2D eigenvalue weighted by molar-refractivity contribution is 7.90. The monoisotopic (exact) mass is 366 g/mol. The van der Waals surface area contributed by atoms with Gasteiger partial charge in [0.15, 0.2) is 9.84 Å². The van der Waals surface area contributed by atoms with Crippen molar-refractivity contribution >= 4 is 15.7 Å². The zero-order chi connectivity index (χ0) is 18.2. The van der Waals surface area contributed by atoms with Crippen molar-refractivity contribution in [1.29, 1.82) is 0 Å². The molecule has 25 heavy (non-hydrogen) atoms. The summed E-state index contributed by atoms with van der Waals surface area (Å²) >= 11 is 0. The van der Waals surface area contributed by atoms with Crippen molar-refractivity contribution in [3.05, 3.63) is 29.8 Å². The quantitative estimate of drug-likeness (QED) is 0.864. The van der Waals surface area contributed by atoms with E-state index in [0.29, 0.717) is 18.7 Å². The van der Waals surface area contributed by atoms with Crippen molar-refractivity contribution in [2.75, 3.05) is 39.5 Å². The van der Waals surface area contributed by atoms with E-state index in [4.69, 9.17) is 0 Å². The first-order valence-corrected chi connectivity index (χ1v) is 10.6. The van der Waals surface area contributed by atoms with Crippen molar-refractivity contribution in [2.24, 2.45) is 5.41 Å². The predicted octanol–water partition coefficient (Wildman–Crippen LogP) is 1.01.